The van der Waals surface area contributed by atoms with E-state index in [0.29, 0.717) is 45.1 Å². The second-order valence-electron chi connectivity index (χ2n) is 7.95. The van der Waals surface area contributed by atoms with Crippen molar-refractivity contribution in [3.63, 3.8) is 0 Å². The van der Waals surface area contributed by atoms with E-state index < -0.39 is 0 Å². The van der Waals surface area contributed by atoms with Crippen molar-refractivity contribution in [2.45, 2.75) is 25.3 Å². The van der Waals surface area contributed by atoms with Crippen LogP contribution in [0.1, 0.15) is 30.9 Å². The number of benzene rings is 1. The van der Waals surface area contributed by atoms with Crippen molar-refractivity contribution >= 4 is 11.8 Å². The van der Waals surface area contributed by atoms with Crippen LogP contribution in [0.3, 0.4) is 0 Å². The maximum Gasteiger partial charge on any atom is 0.228 e. The molecule has 0 bridgehead atoms. The smallest absolute Gasteiger partial charge is 0.228 e. The first-order valence-electron chi connectivity index (χ1n) is 9.91. The molecule has 1 aromatic carbocycles. The van der Waals surface area contributed by atoms with Gasteiger partial charge in [-0.1, -0.05) is 30.3 Å². The molecule has 0 spiro atoms. The molecular weight excluding hydrogens is 340 g/mol. The summed E-state index contributed by atoms with van der Waals surface area (Å²) in [5.74, 6) is 0.706. The molecule has 2 saturated heterocycles. The van der Waals surface area contributed by atoms with Gasteiger partial charge in [-0.25, -0.2) is 0 Å². The summed E-state index contributed by atoms with van der Waals surface area (Å²) in [6.45, 7) is 4.03. The summed E-state index contributed by atoms with van der Waals surface area (Å²) in [6, 6.07) is 11.9. The summed E-state index contributed by atoms with van der Waals surface area (Å²) < 4.78 is 0. The van der Waals surface area contributed by atoms with Gasteiger partial charge in [0.05, 0.1) is 12.0 Å². The SMILES string of the molecule is N#CC(c1ccccc1)N1CCN(C(=O)C2CC(=O)N(CC3CC3)C2)CC1. The molecular formula is C21H26N4O2. The van der Waals surface area contributed by atoms with Gasteiger partial charge >= 0.3 is 0 Å². The minimum atomic E-state index is -0.273. The molecule has 4 rings (SSSR count). The van der Waals surface area contributed by atoms with E-state index in [9.17, 15) is 14.9 Å². The average Bonchev–Trinajstić information content (AvgIpc) is 3.45. The van der Waals surface area contributed by atoms with Crippen molar-refractivity contribution in [1.82, 2.24) is 14.7 Å². The van der Waals surface area contributed by atoms with Gasteiger partial charge in [-0.05, 0) is 24.3 Å². The lowest BCUT2D eigenvalue weighted by Crippen LogP contribution is -2.51. The highest BCUT2D eigenvalue weighted by atomic mass is 16.2. The van der Waals surface area contributed by atoms with Crippen LogP contribution in [-0.2, 0) is 9.59 Å². The Labute approximate surface area is 160 Å². The summed E-state index contributed by atoms with van der Waals surface area (Å²) in [5.41, 5.74) is 0.997. The molecule has 2 heterocycles. The topological polar surface area (TPSA) is 67.6 Å². The van der Waals surface area contributed by atoms with E-state index in [1.165, 1.54) is 12.8 Å². The normalized spacial score (nSPS) is 24.7. The maximum absolute atomic E-state index is 12.9. The molecule has 2 amide bonds. The Kier molecular flexibility index (Phi) is 5.13. The summed E-state index contributed by atoms with van der Waals surface area (Å²) in [7, 11) is 0. The van der Waals surface area contributed by atoms with Crippen LogP contribution in [-0.4, -0.2) is 65.8 Å². The Morgan fingerprint density at radius 1 is 1.15 bits per heavy atom. The van der Waals surface area contributed by atoms with Crippen molar-refractivity contribution in [3.8, 4) is 6.07 Å². The third-order valence-electron chi connectivity index (χ3n) is 5.97. The van der Waals surface area contributed by atoms with Crippen LogP contribution >= 0.6 is 0 Å². The number of hydrogen-bond acceptors (Lipinski definition) is 4. The van der Waals surface area contributed by atoms with Crippen molar-refractivity contribution in [2.75, 3.05) is 39.3 Å². The minimum Gasteiger partial charge on any atom is -0.342 e. The molecule has 6 heteroatoms. The number of nitriles is 1. The molecule has 142 valence electrons. The lowest BCUT2D eigenvalue weighted by Gasteiger charge is -2.37. The second-order valence-corrected chi connectivity index (χ2v) is 7.95. The van der Waals surface area contributed by atoms with Gasteiger partial charge in [0, 0.05) is 45.7 Å². The zero-order chi connectivity index (χ0) is 18.8. The van der Waals surface area contributed by atoms with Crippen LogP contribution in [0.15, 0.2) is 30.3 Å². The molecule has 1 saturated carbocycles. The standard InChI is InChI=1S/C21H26N4O2/c22-13-19(17-4-2-1-3-5-17)23-8-10-24(11-9-23)21(27)18-12-20(26)25(15-18)14-16-6-7-16/h1-5,16,18-19H,6-12,14-15H2. The molecule has 0 aromatic heterocycles. The third-order valence-corrected chi connectivity index (χ3v) is 5.97. The van der Waals surface area contributed by atoms with Crippen LogP contribution in [0.5, 0.6) is 0 Å². The highest BCUT2D eigenvalue weighted by Gasteiger charge is 2.39. The number of carbonyl (C=O) groups is 2. The molecule has 2 unspecified atom stereocenters. The largest absolute Gasteiger partial charge is 0.342 e. The van der Waals surface area contributed by atoms with E-state index in [4.69, 9.17) is 0 Å². The predicted molar refractivity (Wildman–Crippen MR) is 100 cm³/mol. The zero-order valence-electron chi connectivity index (χ0n) is 15.6. The summed E-state index contributed by atoms with van der Waals surface area (Å²) in [5, 5.41) is 9.60. The first-order valence-corrected chi connectivity index (χ1v) is 9.91. The van der Waals surface area contributed by atoms with E-state index in [1.807, 2.05) is 40.1 Å². The van der Waals surface area contributed by atoms with Gasteiger partial charge in [-0.2, -0.15) is 5.26 Å². The molecule has 27 heavy (non-hydrogen) atoms. The second kappa shape index (κ2) is 7.69. The summed E-state index contributed by atoms with van der Waals surface area (Å²) in [6.07, 6.45) is 2.79. The van der Waals surface area contributed by atoms with Crippen molar-refractivity contribution in [2.24, 2.45) is 11.8 Å². The summed E-state index contributed by atoms with van der Waals surface area (Å²) in [4.78, 5) is 31.0. The van der Waals surface area contributed by atoms with Crippen LogP contribution in [0.25, 0.3) is 0 Å². The van der Waals surface area contributed by atoms with Gasteiger partial charge in [-0.15, -0.1) is 0 Å². The third kappa shape index (κ3) is 3.98. The monoisotopic (exact) mass is 366 g/mol. The highest BCUT2D eigenvalue weighted by molar-refractivity contribution is 5.89. The number of carbonyl (C=O) groups excluding carboxylic acids is 2. The maximum atomic E-state index is 12.9. The van der Waals surface area contributed by atoms with E-state index in [0.717, 1.165) is 12.1 Å². The van der Waals surface area contributed by atoms with Crippen LogP contribution in [0.2, 0.25) is 0 Å². The molecule has 1 aliphatic carbocycles. The lowest BCUT2D eigenvalue weighted by molar-refractivity contribution is -0.137. The number of piperazine rings is 1. The fraction of sp³-hybridized carbons (Fsp3) is 0.571. The number of rotatable bonds is 5. The van der Waals surface area contributed by atoms with Gasteiger partial charge < -0.3 is 9.80 Å². The Morgan fingerprint density at radius 2 is 1.85 bits per heavy atom. The molecule has 3 fully saturated rings. The quantitative estimate of drug-likeness (QED) is 0.795. The van der Waals surface area contributed by atoms with E-state index in [-0.39, 0.29) is 23.8 Å². The number of nitrogens with zero attached hydrogens (tertiary/aromatic N) is 4. The summed E-state index contributed by atoms with van der Waals surface area (Å²) >= 11 is 0. The lowest BCUT2D eigenvalue weighted by atomic mass is 10.0. The van der Waals surface area contributed by atoms with Crippen molar-refractivity contribution < 1.29 is 9.59 Å². The van der Waals surface area contributed by atoms with Crippen molar-refractivity contribution in [1.29, 1.82) is 5.26 Å². The van der Waals surface area contributed by atoms with Crippen LogP contribution in [0.4, 0.5) is 0 Å². The van der Waals surface area contributed by atoms with E-state index in [2.05, 4.69) is 11.0 Å². The first-order chi connectivity index (χ1) is 13.2. The number of amides is 2. The predicted octanol–water partition coefficient (Wildman–Crippen LogP) is 1.65. The van der Waals surface area contributed by atoms with Gasteiger partial charge in [0.25, 0.3) is 0 Å². The Hall–Kier alpha value is -2.39. The molecule has 1 aromatic rings. The zero-order valence-corrected chi connectivity index (χ0v) is 15.6. The van der Waals surface area contributed by atoms with Gasteiger partial charge in [-0.3, -0.25) is 14.5 Å². The van der Waals surface area contributed by atoms with E-state index >= 15 is 0 Å². The molecule has 3 aliphatic rings. The Morgan fingerprint density at radius 3 is 2.48 bits per heavy atom. The average molecular weight is 366 g/mol. The first kappa shape index (κ1) is 18.0. The van der Waals surface area contributed by atoms with Crippen molar-refractivity contribution in [3.05, 3.63) is 35.9 Å². The molecule has 2 aliphatic heterocycles. The molecule has 0 radical (unpaired) electrons. The molecule has 6 nitrogen and oxygen atoms in total. The fourth-order valence-electron chi connectivity index (χ4n) is 4.19. The minimum absolute atomic E-state index is 0.106. The van der Waals surface area contributed by atoms with Gasteiger partial charge in [0.1, 0.15) is 6.04 Å². The molecule has 0 N–H and O–H groups in total. The Bertz CT molecular complexity index is 732. The fourth-order valence-corrected chi connectivity index (χ4v) is 4.19. The van der Waals surface area contributed by atoms with Gasteiger partial charge in [0.15, 0.2) is 0 Å². The molecule has 2 atom stereocenters. The highest BCUT2D eigenvalue weighted by Crippen LogP contribution is 2.32. The van der Waals surface area contributed by atoms with Crippen LogP contribution in [0, 0.1) is 23.2 Å². The number of hydrogen-bond donors (Lipinski definition) is 0. The number of likely N-dealkylation sites (tertiary alicyclic amines) is 1. The Balaban J connectivity index is 1.31. The van der Waals surface area contributed by atoms with Crippen LogP contribution < -0.4 is 0 Å². The van der Waals surface area contributed by atoms with Gasteiger partial charge in [0.2, 0.25) is 11.8 Å². The van der Waals surface area contributed by atoms with E-state index in [1.54, 1.807) is 0 Å².